The molecular weight excluding hydrogens is 496 g/mol. The first-order chi connectivity index (χ1) is 18.6. The van der Waals surface area contributed by atoms with Crippen molar-refractivity contribution in [1.29, 1.82) is 0 Å². The summed E-state index contributed by atoms with van der Waals surface area (Å²) in [5.41, 5.74) is 0. The van der Waals surface area contributed by atoms with E-state index in [4.69, 9.17) is 0 Å². The van der Waals surface area contributed by atoms with Crippen LogP contribution in [0.3, 0.4) is 0 Å². The van der Waals surface area contributed by atoms with Crippen molar-refractivity contribution in [2.45, 2.75) is 26.8 Å². The van der Waals surface area contributed by atoms with Crippen molar-refractivity contribution in [2.24, 2.45) is 5.92 Å². The van der Waals surface area contributed by atoms with Crippen LogP contribution in [0, 0.1) is 5.92 Å². The second-order valence-electron chi connectivity index (χ2n) is 10.00. The molecule has 5 rings (SSSR count). The minimum absolute atomic E-state index is 0.330. The van der Waals surface area contributed by atoms with Crippen LogP contribution in [0.4, 0.5) is 0 Å². The fraction of sp³-hybridized carbons (Fsp3) is 0.143. The summed E-state index contributed by atoms with van der Waals surface area (Å²) >= 11 is 0. The van der Waals surface area contributed by atoms with Crippen LogP contribution in [0.2, 0.25) is 0 Å². The highest BCUT2D eigenvalue weighted by atomic mass is 31.2. The van der Waals surface area contributed by atoms with Gasteiger partial charge >= 0.3 is 0 Å². The van der Waals surface area contributed by atoms with E-state index in [0.29, 0.717) is 12.0 Å². The summed E-state index contributed by atoms with van der Waals surface area (Å²) in [6.45, 7) is 6.97. The number of benzene rings is 5. The van der Waals surface area contributed by atoms with Gasteiger partial charge in [0.1, 0.15) is 15.9 Å². The summed E-state index contributed by atoms with van der Waals surface area (Å²) in [5.74, 6) is 0.499. The smallest absolute Gasteiger partial charge is 0.175 e. The summed E-state index contributed by atoms with van der Waals surface area (Å²) in [6.07, 6.45) is 0. The maximum Gasteiger partial charge on any atom is 0.179 e. The lowest BCUT2D eigenvalue weighted by atomic mass is 10.1. The summed E-state index contributed by atoms with van der Waals surface area (Å²) in [7, 11) is -2.99. The summed E-state index contributed by atoms with van der Waals surface area (Å²) in [6, 6.07) is 54.0. The van der Waals surface area contributed by atoms with Crippen LogP contribution in [0.15, 0.2) is 146 Å². The van der Waals surface area contributed by atoms with Gasteiger partial charge in [0.05, 0.1) is 0 Å². The second-order valence-corrected chi connectivity index (χ2v) is 15.3. The lowest BCUT2D eigenvalue weighted by Gasteiger charge is -2.34. The Morgan fingerprint density at radius 1 is 0.500 bits per heavy atom. The van der Waals surface area contributed by atoms with Gasteiger partial charge in [-0.3, -0.25) is 0 Å². The molecule has 1 N–H and O–H groups in total. The molecule has 190 valence electrons. The Balaban J connectivity index is 1.85. The molecule has 0 saturated carbocycles. The normalized spacial score (nSPS) is 12.6. The molecule has 38 heavy (non-hydrogen) atoms. The van der Waals surface area contributed by atoms with Crippen LogP contribution in [0.5, 0.6) is 0 Å². The average molecular weight is 533 g/mol. The molecule has 0 saturated heterocycles. The Hall–Kier alpha value is -3.08. The molecule has 5 aromatic rings. The van der Waals surface area contributed by atoms with E-state index >= 15 is 0 Å². The topological polar surface area (TPSA) is 12.0 Å². The number of hydrogen-bond acceptors (Lipinski definition) is 1. The van der Waals surface area contributed by atoms with E-state index in [1.165, 1.54) is 31.8 Å². The molecule has 3 heteroatoms. The highest BCUT2D eigenvalue weighted by Crippen LogP contribution is 2.53. The molecular formula is C35H36NP2+. The lowest BCUT2D eigenvalue weighted by molar-refractivity contribution is 0.498. The number of rotatable bonds is 9. The molecule has 0 heterocycles. The van der Waals surface area contributed by atoms with Gasteiger partial charge in [0, 0.05) is 11.3 Å². The molecule has 0 aromatic heterocycles. The standard InChI is InChI=1S/C35H36NP2/c1-28(2)29(3)36-38(32-22-12-6-13-23-32,33-24-14-7-15-25-33)35-27-17-16-26-34(35)37(30-18-8-4-9-19-30)31-20-10-5-11-21-31/h4-29,36H,1-3H3/q+1/t29-/m1/s1. The summed E-state index contributed by atoms with van der Waals surface area (Å²) in [5, 5.41) is 12.6. The fourth-order valence-electron chi connectivity index (χ4n) is 4.92. The van der Waals surface area contributed by atoms with Crippen LogP contribution >= 0.6 is 15.3 Å². The van der Waals surface area contributed by atoms with E-state index in [1.807, 2.05) is 0 Å². The maximum absolute atomic E-state index is 4.30. The Labute approximate surface area is 230 Å². The number of hydrogen-bond donors (Lipinski definition) is 1. The maximum atomic E-state index is 4.30. The molecule has 0 unspecified atom stereocenters. The third kappa shape index (κ3) is 5.39. The molecule has 5 aromatic carbocycles. The summed E-state index contributed by atoms with van der Waals surface area (Å²) in [4.78, 5) is 0. The molecule has 0 radical (unpaired) electrons. The minimum Gasteiger partial charge on any atom is -0.175 e. The highest BCUT2D eigenvalue weighted by Gasteiger charge is 2.49. The first-order valence-corrected chi connectivity index (χ1v) is 16.5. The van der Waals surface area contributed by atoms with Gasteiger partial charge in [-0.05, 0) is 67.8 Å². The molecule has 0 bridgehead atoms. The molecule has 0 spiro atoms. The molecule has 1 atom stereocenters. The Bertz CT molecular complexity index is 1340. The van der Waals surface area contributed by atoms with Crippen LogP contribution < -0.4 is 36.9 Å². The zero-order valence-corrected chi connectivity index (χ0v) is 24.2. The van der Waals surface area contributed by atoms with Crippen molar-refractivity contribution in [2.75, 3.05) is 0 Å². The Kier molecular flexibility index (Phi) is 8.51. The largest absolute Gasteiger partial charge is 0.179 e. The van der Waals surface area contributed by atoms with Crippen molar-refractivity contribution in [1.82, 2.24) is 5.09 Å². The van der Waals surface area contributed by atoms with Crippen molar-refractivity contribution in [3.8, 4) is 0 Å². The average Bonchev–Trinajstić information content (AvgIpc) is 2.98. The van der Waals surface area contributed by atoms with E-state index in [-0.39, 0.29) is 0 Å². The number of nitrogens with one attached hydrogen (secondary N) is 1. The first-order valence-electron chi connectivity index (χ1n) is 13.4. The lowest BCUT2D eigenvalue weighted by Crippen LogP contribution is -2.49. The van der Waals surface area contributed by atoms with E-state index < -0.39 is 15.3 Å². The van der Waals surface area contributed by atoms with Crippen LogP contribution in [-0.2, 0) is 0 Å². The van der Waals surface area contributed by atoms with Crippen molar-refractivity contribution in [3.63, 3.8) is 0 Å². The minimum atomic E-state index is -2.23. The van der Waals surface area contributed by atoms with Crippen molar-refractivity contribution >= 4 is 47.2 Å². The SMILES string of the molecule is CC(C)[C@@H](C)N[P+](c1ccccc1)(c1ccccc1)c1ccccc1P(c1ccccc1)c1ccccc1. The van der Waals surface area contributed by atoms with Crippen LogP contribution in [0.25, 0.3) is 0 Å². The molecule has 0 amide bonds. The first kappa shape index (κ1) is 26.5. The van der Waals surface area contributed by atoms with Gasteiger partial charge in [0.2, 0.25) is 0 Å². The zero-order chi connectivity index (χ0) is 26.4. The molecule has 0 aliphatic rings. The van der Waals surface area contributed by atoms with Crippen LogP contribution in [-0.4, -0.2) is 6.04 Å². The molecule has 0 aliphatic carbocycles. The predicted octanol–water partition coefficient (Wildman–Crippen LogP) is 6.29. The fourth-order valence-corrected chi connectivity index (χ4v) is 12.2. The monoisotopic (exact) mass is 532 g/mol. The second kappa shape index (κ2) is 12.2. The van der Waals surface area contributed by atoms with Crippen molar-refractivity contribution in [3.05, 3.63) is 146 Å². The predicted molar refractivity (Wildman–Crippen MR) is 171 cm³/mol. The van der Waals surface area contributed by atoms with Gasteiger partial charge in [0.25, 0.3) is 0 Å². The molecule has 1 nitrogen and oxygen atoms in total. The van der Waals surface area contributed by atoms with Crippen molar-refractivity contribution < 1.29 is 0 Å². The van der Waals surface area contributed by atoms with Gasteiger partial charge in [0.15, 0.2) is 7.41 Å². The Morgan fingerprint density at radius 3 is 1.34 bits per heavy atom. The zero-order valence-electron chi connectivity index (χ0n) is 22.4. The quantitative estimate of drug-likeness (QED) is 0.220. The van der Waals surface area contributed by atoms with Gasteiger partial charge < -0.3 is 0 Å². The molecule has 0 aliphatic heterocycles. The van der Waals surface area contributed by atoms with Gasteiger partial charge in [-0.25, -0.2) is 0 Å². The van der Waals surface area contributed by atoms with Gasteiger partial charge in [-0.1, -0.05) is 123 Å². The third-order valence-electron chi connectivity index (χ3n) is 7.20. The molecule has 0 fully saturated rings. The third-order valence-corrected chi connectivity index (χ3v) is 13.9. The van der Waals surface area contributed by atoms with E-state index in [1.54, 1.807) is 0 Å². The van der Waals surface area contributed by atoms with E-state index in [0.717, 1.165) is 0 Å². The highest BCUT2D eigenvalue weighted by molar-refractivity contribution is 7.96. The van der Waals surface area contributed by atoms with Crippen LogP contribution in [0.1, 0.15) is 20.8 Å². The van der Waals surface area contributed by atoms with E-state index in [2.05, 4.69) is 171 Å². The van der Waals surface area contributed by atoms with Gasteiger partial charge in [-0.2, -0.15) is 5.09 Å². The van der Waals surface area contributed by atoms with E-state index in [9.17, 15) is 0 Å². The van der Waals surface area contributed by atoms with Gasteiger partial charge in [-0.15, -0.1) is 0 Å². The Morgan fingerprint density at radius 2 is 0.895 bits per heavy atom. The summed E-state index contributed by atoms with van der Waals surface area (Å²) < 4.78 is 0.